The molecule has 104 valence electrons. The van der Waals surface area contributed by atoms with E-state index in [-0.39, 0.29) is 23.4 Å². The molecule has 1 unspecified atom stereocenters. The zero-order valence-corrected chi connectivity index (χ0v) is 11.3. The Morgan fingerprint density at radius 3 is 2.60 bits per heavy atom. The standard InChI is InChI=1S/C15H16N2O3/c1-10(13-5-3-4-6-14(13)19)17(2)15(20)11-7-12(18)9-16-8-11/h3-10,18-19H,1-2H3. The number of nitrogens with zero attached hydrogens (tertiary/aromatic N) is 2. The van der Waals surface area contributed by atoms with Gasteiger partial charge in [-0.05, 0) is 19.1 Å². The van der Waals surface area contributed by atoms with Crippen LogP contribution in [0.25, 0.3) is 0 Å². The Labute approximate surface area is 117 Å². The van der Waals surface area contributed by atoms with Gasteiger partial charge >= 0.3 is 0 Å². The van der Waals surface area contributed by atoms with Gasteiger partial charge in [-0.15, -0.1) is 0 Å². The summed E-state index contributed by atoms with van der Waals surface area (Å²) in [5, 5.41) is 19.2. The Balaban J connectivity index is 2.25. The number of amides is 1. The highest BCUT2D eigenvalue weighted by atomic mass is 16.3. The first-order valence-electron chi connectivity index (χ1n) is 6.19. The highest BCUT2D eigenvalue weighted by Crippen LogP contribution is 2.28. The minimum Gasteiger partial charge on any atom is -0.508 e. The third-order valence-electron chi connectivity index (χ3n) is 3.26. The summed E-state index contributed by atoms with van der Waals surface area (Å²) in [7, 11) is 1.64. The molecule has 1 atom stereocenters. The maximum absolute atomic E-state index is 12.3. The number of rotatable bonds is 3. The van der Waals surface area contributed by atoms with E-state index in [0.717, 1.165) is 0 Å². The first-order chi connectivity index (χ1) is 9.50. The molecule has 0 fully saturated rings. The second kappa shape index (κ2) is 5.61. The monoisotopic (exact) mass is 272 g/mol. The van der Waals surface area contributed by atoms with E-state index in [4.69, 9.17) is 0 Å². The smallest absolute Gasteiger partial charge is 0.255 e. The summed E-state index contributed by atoms with van der Waals surface area (Å²) in [5.74, 6) is -0.183. The quantitative estimate of drug-likeness (QED) is 0.899. The van der Waals surface area contributed by atoms with Crippen LogP contribution in [0, 0.1) is 0 Å². The molecule has 0 aliphatic heterocycles. The number of aromatic nitrogens is 1. The summed E-state index contributed by atoms with van der Waals surface area (Å²) in [6.45, 7) is 1.82. The predicted molar refractivity (Wildman–Crippen MR) is 74.5 cm³/mol. The lowest BCUT2D eigenvalue weighted by Gasteiger charge is -2.25. The Morgan fingerprint density at radius 1 is 1.25 bits per heavy atom. The van der Waals surface area contributed by atoms with Gasteiger partial charge in [0.15, 0.2) is 0 Å². The van der Waals surface area contributed by atoms with Crippen LogP contribution in [-0.2, 0) is 0 Å². The molecule has 0 radical (unpaired) electrons. The second-order valence-corrected chi connectivity index (χ2v) is 4.58. The topological polar surface area (TPSA) is 73.7 Å². The van der Waals surface area contributed by atoms with Crippen LogP contribution >= 0.6 is 0 Å². The van der Waals surface area contributed by atoms with Gasteiger partial charge < -0.3 is 15.1 Å². The average molecular weight is 272 g/mol. The molecule has 1 aromatic carbocycles. The van der Waals surface area contributed by atoms with Crippen molar-refractivity contribution in [3.05, 3.63) is 53.9 Å². The summed E-state index contributed by atoms with van der Waals surface area (Å²) in [4.78, 5) is 17.6. The highest BCUT2D eigenvalue weighted by molar-refractivity contribution is 5.94. The Kier molecular flexibility index (Phi) is 3.89. The van der Waals surface area contributed by atoms with Gasteiger partial charge in [0.05, 0.1) is 17.8 Å². The van der Waals surface area contributed by atoms with Crippen LogP contribution in [0.5, 0.6) is 11.5 Å². The molecular formula is C15H16N2O3. The summed E-state index contributed by atoms with van der Waals surface area (Å²) in [6, 6.07) is 7.95. The molecule has 5 nitrogen and oxygen atoms in total. The molecular weight excluding hydrogens is 256 g/mol. The van der Waals surface area contributed by atoms with E-state index in [0.29, 0.717) is 11.1 Å². The fraction of sp³-hybridized carbons (Fsp3) is 0.200. The molecule has 2 rings (SSSR count). The number of hydrogen-bond donors (Lipinski definition) is 2. The number of para-hydroxylation sites is 1. The minimum absolute atomic E-state index is 0.0561. The average Bonchev–Trinajstić information content (AvgIpc) is 2.45. The summed E-state index contributed by atoms with van der Waals surface area (Å²) in [5.41, 5.74) is 0.964. The Morgan fingerprint density at radius 2 is 1.95 bits per heavy atom. The predicted octanol–water partition coefficient (Wildman–Crippen LogP) is 2.33. The lowest BCUT2D eigenvalue weighted by molar-refractivity contribution is 0.0740. The van der Waals surface area contributed by atoms with Crippen molar-refractivity contribution in [3.8, 4) is 11.5 Å². The SMILES string of the molecule is CC(c1ccccc1O)N(C)C(=O)c1cncc(O)c1. The van der Waals surface area contributed by atoms with Crippen molar-refractivity contribution in [2.75, 3.05) is 7.05 Å². The van der Waals surface area contributed by atoms with Gasteiger partial charge in [0.1, 0.15) is 11.5 Å². The van der Waals surface area contributed by atoms with Gasteiger partial charge in [-0.2, -0.15) is 0 Å². The number of carbonyl (C=O) groups is 1. The molecule has 0 spiro atoms. The first kappa shape index (κ1) is 13.9. The number of phenolic OH excluding ortho intramolecular Hbond substituents is 1. The van der Waals surface area contributed by atoms with Crippen LogP contribution in [0.3, 0.4) is 0 Å². The molecule has 5 heteroatoms. The van der Waals surface area contributed by atoms with E-state index in [1.54, 1.807) is 31.3 Å². The fourth-order valence-electron chi connectivity index (χ4n) is 1.97. The van der Waals surface area contributed by atoms with Crippen LogP contribution in [0.15, 0.2) is 42.7 Å². The van der Waals surface area contributed by atoms with Gasteiger partial charge in [0, 0.05) is 18.8 Å². The van der Waals surface area contributed by atoms with Gasteiger partial charge in [0.2, 0.25) is 0 Å². The summed E-state index contributed by atoms with van der Waals surface area (Å²) >= 11 is 0. The van der Waals surface area contributed by atoms with Gasteiger partial charge in [-0.1, -0.05) is 18.2 Å². The Hall–Kier alpha value is -2.56. The van der Waals surface area contributed by atoms with Crippen molar-refractivity contribution in [1.82, 2.24) is 9.88 Å². The zero-order chi connectivity index (χ0) is 14.7. The molecule has 20 heavy (non-hydrogen) atoms. The molecule has 0 bridgehead atoms. The van der Waals surface area contributed by atoms with Crippen LogP contribution in [0.4, 0.5) is 0 Å². The van der Waals surface area contributed by atoms with E-state index in [2.05, 4.69) is 4.98 Å². The summed E-state index contributed by atoms with van der Waals surface area (Å²) < 4.78 is 0. The minimum atomic E-state index is -0.300. The van der Waals surface area contributed by atoms with Crippen LogP contribution in [-0.4, -0.2) is 33.1 Å². The third kappa shape index (κ3) is 2.71. The number of pyridine rings is 1. The molecule has 0 saturated heterocycles. The molecule has 2 N–H and O–H groups in total. The van der Waals surface area contributed by atoms with Crippen molar-refractivity contribution in [2.45, 2.75) is 13.0 Å². The van der Waals surface area contributed by atoms with Crippen LogP contribution < -0.4 is 0 Å². The first-order valence-corrected chi connectivity index (χ1v) is 6.19. The molecule has 0 aliphatic rings. The number of hydrogen-bond acceptors (Lipinski definition) is 4. The fourth-order valence-corrected chi connectivity index (χ4v) is 1.97. The van der Waals surface area contributed by atoms with Crippen LogP contribution in [0.1, 0.15) is 28.9 Å². The van der Waals surface area contributed by atoms with Gasteiger partial charge in [-0.3, -0.25) is 9.78 Å². The van der Waals surface area contributed by atoms with Crippen molar-refractivity contribution < 1.29 is 15.0 Å². The van der Waals surface area contributed by atoms with Crippen molar-refractivity contribution in [1.29, 1.82) is 0 Å². The van der Waals surface area contributed by atoms with Crippen molar-refractivity contribution in [2.24, 2.45) is 0 Å². The third-order valence-corrected chi connectivity index (χ3v) is 3.26. The molecule has 1 amide bonds. The normalized spacial score (nSPS) is 11.9. The largest absolute Gasteiger partial charge is 0.508 e. The molecule has 1 heterocycles. The molecule has 0 saturated carbocycles. The van der Waals surface area contributed by atoms with Crippen molar-refractivity contribution >= 4 is 5.91 Å². The van der Waals surface area contributed by atoms with Crippen LogP contribution in [0.2, 0.25) is 0 Å². The van der Waals surface area contributed by atoms with E-state index >= 15 is 0 Å². The number of benzene rings is 1. The maximum Gasteiger partial charge on any atom is 0.255 e. The lowest BCUT2D eigenvalue weighted by Crippen LogP contribution is -2.29. The number of carbonyl (C=O) groups excluding carboxylic acids is 1. The van der Waals surface area contributed by atoms with E-state index < -0.39 is 0 Å². The lowest BCUT2D eigenvalue weighted by atomic mass is 10.1. The summed E-state index contributed by atoms with van der Waals surface area (Å²) in [6.07, 6.45) is 2.67. The maximum atomic E-state index is 12.3. The number of aromatic hydroxyl groups is 2. The van der Waals surface area contributed by atoms with Crippen molar-refractivity contribution in [3.63, 3.8) is 0 Å². The molecule has 1 aromatic heterocycles. The molecule has 0 aliphatic carbocycles. The second-order valence-electron chi connectivity index (χ2n) is 4.58. The van der Waals surface area contributed by atoms with Gasteiger partial charge in [-0.25, -0.2) is 0 Å². The van der Waals surface area contributed by atoms with E-state index in [9.17, 15) is 15.0 Å². The zero-order valence-electron chi connectivity index (χ0n) is 11.3. The molecule has 2 aromatic rings. The Bertz CT molecular complexity index is 628. The highest BCUT2D eigenvalue weighted by Gasteiger charge is 2.21. The number of phenols is 1. The van der Waals surface area contributed by atoms with E-state index in [1.807, 2.05) is 6.92 Å². The van der Waals surface area contributed by atoms with E-state index in [1.165, 1.54) is 23.4 Å². The van der Waals surface area contributed by atoms with Gasteiger partial charge in [0.25, 0.3) is 5.91 Å².